The molecule has 0 atom stereocenters. The molecule has 0 aliphatic carbocycles. The van der Waals surface area contributed by atoms with Gasteiger partial charge in [0, 0.05) is 25.5 Å². The van der Waals surface area contributed by atoms with Crippen molar-refractivity contribution in [2.24, 2.45) is 0 Å². The van der Waals surface area contributed by atoms with Crippen molar-refractivity contribution in [3.05, 3.63) is 48.3 Å². The van der Waals surface area contributed by atoms with Crippen LogP contribution in [0.25, 0.3) is 0 Å². The van der Waals surface area contributed by atoms with E-state index in [2.05, 4.69) is 9.71 Å². The highest BCUT2D eigenvalue weighted by atomic mass is 32.2. The molecule has 3 rings (SSSR count). The molecule has 2 aromatic rings. The van der Waals surface area contributed by atoms with Crippen LogP contribution >= 0.6 is 0 Å². The van der Waals surface area contributed by atoms with Crippen LogP contribution in [0.2, 0.25) is 0 Å². The fourth-order valence-corrected chi connectivity index (χ4v) is 5.78. The Hall–Kier alpha value is -2.17. The zero-order valence-corrected chi connectivity index (χ0v) is 17.2. The van der Waals surface area contributed by atoms with Gasteiger partial charge in [-0.15, -0.1) is 0 Å². The van der Waals surface area contributed by atoms with Gasteiger partial charge in [-0.3, -0.25) is 9.29 Å². The Balaban J connectivity index is 1.95. The minimum absolute atomic E-state index is 0.0581. The number of nitrogens with zero attached hydrogens (tertiary/aromatic N) is 2. The van der Waals surface area contributed by atoms with Gasteiger partial charge in [-0.1, -0.05) is 0 Å². The van der Waals surface area contributed by atoms with Crippen molar-refractivity contribution < 1.29 is 21.6 Å². The average Bonchev–Trinajstić information content (AvgIpc) is 2.68. The highest BCUT2D eigenvalue weighted by Crippen LogP contribution is 2.32. The first-order valence-electron chi connectivity index (χ1n) is 8.99. The number of aromatic nitrogens is 1. The van der Waals surface area contributed by atoms with E-state index in [1.165, 1.54) is 16.4 Å². The van der Waals surface area contributed by atoms with Crippen molar-refractivity contribution in [2.75, 3.05) is 23.2 Å². The molecule has 10 heteroatoms. The number of pyridine rings is 1. The van der Waals surface area contributed by atoms with Gasteiger partial charge in [-0.2, -0.15) is 0 Å². The average molecular weight is 426 g/mol. The number of anilines is 1. The maximum absolute atomic E-state index is 12.9. The van der Waals surface area contributed by atoms with E-state index in [9.17, 15) is 16.8 Å². The Labute approximate surface area is 165 Å². The van der Waals surface area contributed by atoms with E-state index < -0.39 is 20.0 Å². The summed E-state index contributed by atoms with van der Waals surface area (Å²) in [7, 11) is -7.38. The molecule has 152 valence electrons. The lowest BCUT2D eigenvalue weighted by Crippen LogP contribution is -2.38. The van der Waals surface area contributed by atoms with Gasteiger partial charge in [0.2, 0.25) is 20.0 Å². The summed E-state index contributed by atoms with van der Waals surface area (Å²) in [6.07, 6.45) is 4.50. The Morgan fingerprint density at radius 1 is 1.18 bits per heavy atom. The van der Waals surface area contributed by atoms with Gasteiger partial charge in [0.25, 0.3) is 0 Å². The van der Waals surface area contributed by atoms with Gasteiger partial charge in [-0.25, -0.2) is 21.6 Å². The van der Waals surface area contributed by atoms with Gasteiger partial charge in [0.1, 0.15) is 10.6 Å². The molecule has 1 aliphatic rings. The fourth-order valence-electron chi connectivity index (χ4n) is 2.97. The molecule has 0 saturated carbocycles. The molecule has 1 aromatic carbocycles. The number of hydrogen-bond acceptors (Lipinski definition) is 6. The van der Waals surface area contributed by atoms with E-state index in [4.69, 9.17) is 4.74 Å². The summed E-state index contributed by atoms with van der Waals surface area (Å²) >= 11 is 0. The normalized spacial score (nSPS) is 16.7. The van der Waals surface area contributed by atoms with Crippen molar-refractivity contribution in [1.82, 2.24) is 9.71 Å². The predicted octanol–water partition coefficient (Wildman–Crippen LogP) is 1.89. The maximum atomic E-state index is 12.9. The SMILES string of the molecule is CCOc1ccc(N2CCCCS2(=O)=O)cc1S(=O)(=O)NCc1ccncc1. The number of hydrogen-bond donors (Lipinski definition) is 1. The van der Waals surface area contributed by atoms with Crippen molar-refractivity contribution in [3.8, 4) is 5.75 Å². The molecule has 1 aliphatic heterocycles. The second-order valence-corrected chi connectivity index (χ2v) is 10.1. The number of benzene rings is 1. The van der Waals surface area contributed by atoms with Gasteiger partial charge in [-0.05, 0) is 55.7 Å². The van der Waals surface area contributed by atoms with Crippen molar-refractivity contribution in [3.63, 3.8) is 0 Å². The highest BCUT2D eigenvalue weighted by Gasteiger charge is 2.28. The molecule has 28 heavy (non-hydrogen) atoms. The first-order chi connectivity index (χ1) is 13.3. The summed E-state index contributed by atoms with van der Waals surface area (Å²) < 4.78 is 59.9. The van der Waals surface area contributed by atoms with Crippen LogP contribution in [0.5, 0.6) is 5.75 Å². The molecular formula is C18H23N3O5S2. The zero-order valence-electron chi connectivity index (χ0n) is 15.5. The molecule has 1 saturated heterocycles. The number of rotatable bonds is 7. The van der Waals surface area contributed by atoms with Gasteiger partial charge in [0.05, 0.1) is 18.0 Å². The van der Waals surface area contributed by atoms with E-state index >= 15 is 0 Å². The molecule has 1 N–H and O–H groups in total. The Morgan fingerprint density at radius 2 is 1.93 bits per heavy atom. The van der Waals surface area contributed by atoms with Gasteiger partial charge in [0.15, 0.2) is 0 Å². The Bertz CT molecular complexity index is 1020. The van der Waals surface area contributed by atoms with Crippen molar-refractivity contribution in [1.29, 1.82) is 0 Å². The van der Waals surface area contributed by atoms with E-state index in [1.54, 1.807) is 37.5 Å². The third-order valence-corrected chi connectivity index (χ3v) is 7.66. The minimum Gasteiger partial charge on any atom is -0.492 e. The summed E-state index contributed by atoms with van der Waals surface area (Å²) in [4.78, 5) is 3.82. The van der Waals surface area contributed by atoms with Gasteiger partial charge >= 0.3 is 0 Å². The van der Waals surface area contributed by atoms with E-state index in [0.717, 1.165) is 12.0 Å². The monoisotopic (exact) mass is 425 g/mol. The maximum Gasteiger partial charge on any atom is 0.244 e. The van der Waals surface area contributed by atoms with Crippen LogP contribution in [0, 0.1) is 0 Å². The first-order valence-corrected chi connectivity index (χ1v) is 12.1. The summed E-state index contributed by atoms with van der Waals surface area (Å²) in [6, 6.07) is 7.87. The standard InChI is InChI=1S/C18H23N3O5S2/c1-2-26-17-6-5-16(21-11-3-4-12-27(21,22)23)13-18(17)28(24,25)20-14-15-7-9-19-10-8-15/h5-10,13,20H,2-4,11-12,14H2,1H3. The van der Waals surface area contributed by atoms with Crippen LogP contribution in [0.3, 0.4) is 0 Å². The summed E-state index contributed by atoms with van der Waals surface area (Å²) in [6.45, 7) is 2.46. The molecule has 0 bridgehead atoms. The van der Waals surface area contributed by atoms with Crippen molar-refractivity contribution in [2.45, 2.75) is 31.2 Å². The Kier molecular flexibility index (Phi) is 6.21. The second-order valence-electron chi connectivity index (χ2n) is 6.34. The molecule has 1 aromatic heterocycles. The summed E-state index contributed by atoms with van der Waals surface area (Å²) in [5.41, 5.74) is 1.08. The van der Waals surface area contributed by atoms with Crippen molar-refractivity contribution >= 4 is 25.7 Å². The molecule has 8 nitrogen and oxygen atoms in total. The molecule has 0 spiro atoms. The lowest BCUT2D eigenvalue weighted by molar-refractivity contribution is 0.331. The fraction of sp³-hybridized carbons (Fsp3) is 0.389. The second kappa shape index (κ2) is 8.46. The largest absolute Gasteiger partial charge is 0.492 e. The predicted molar refractivity (Wildman–Crippen MR) is 106 cm³/mol. The van der Waals surface area contributed by atoms with Crippen LogP contribution in [0.1, 0.15) is 25.3 Å². The zero-order chi connectivity index (χ0) is 20.2. The van der Waals surface area contributed by atoms with E-state index in [0.29, 0.717) is 18.7 Å². The summed E-state index contributed by atoms with van der Waals surface area (Å²) in [5.74, 6) is 0.241. The number of ether oxygens (including phenoxy) is 1. The number of nitrogens with one attached hydrogen (secondary N) is 1. The third-order valence-electron chi connectivity index (χ3n) is 4.37. The molecule has 1 fully saturated rings. The third kappa shape index (κ3) is 4.62. The highest BCUT2D eigenvalue weighted by molar-refractivity contribution is 7.92. The van der Waals surface area contributed by atoms with E-state index in [-0.39, 0.29) is 29.5 Å². The molecule has 0 radical (unpaired) electrons. The lowest BCUT2D eigenvalue weighted by atomic mass is 10.2. The first kappa shape index (κ1) is 20.6. The van der Waals surface area contributed by atoms with Crippen LogP contribution in [0.4, 0.5) is 5.69 Å². The van der Waals surface area contributed by atoms with Crippen LogP contribution < -0.4 is 13.8 Å². The molecule has 0 amide bonds. The van der Waals surface area contributed by atoms with Crippen LogP contribution in [-0.4, -0.2) is 40.7 Å². The Morgan fingerprint density at radius 3 is 2.61 bits per heavy atom. The van der Waals surface area contributed by atoms with E-state index in [1.807, 2.05) is 0 Å². The smallest absolute Gasteiger partial charge is 0.244 e. The van der Waals surface area contributed by atoms with Crippen LogP contribution in [-0.2, 0) is 26.6 Å². The van der Waals surface area contributed by atoms with Crippen LogP contribution in [0.15, 0.2) is 47.6 Å². The molecule has 2 heterocycles. The number of sulfonamides is 2. The minimum atomic E-state index is -3.93. The molecule has 0 unspecified atom stereocenters. The molecular weight excluding hydrogens is 402 g/mol. The van der Waals surface area contributed by atoms with Gasteiger partial charge < -0.3 is 4.74 Å². The topological polar surface area (TPSA) is 106 Å². The summed E-state index contributed by atoms with van der Waals surface area (Å²) in [5, 5.41) is 0. The lowest BCUT2D eigenvalue weighted by Gasteiger charge is -2.28. The quantitative estimate of drug-likeness (QED) is 0.726.